The molecule has 0 radical (unpaired) electrons. The second kappa shape index (κ2) is 7.02. The highest BCUT2D eigenvalue weighted by molar-refractivity contribution is 7.12. The Morgan fingerprint density at radius 3 is 2.77 bits per heavy atom. The Hall–Kier alpha value is -1.89. The molecule has 0 aliphatic carbocycles. The van der Waals surface area contributed by atoms with Gasteiger partial charge in [-0.2, -0.15) is 4.98 Å². The topological polar surface area (TPSA) is 41.7 Å². The van der Waals surface area contributed by atoms with Crippen LogP contribution in [0.25, 0.3) is 11.1 Å². The van der Waals surface area contributed by atoms with Crippen molar-refractivity contribution in [2.24, 2.45) is 0 Å². The molecule has 2 saturated heterocycles. The summed E-state index contributed by atoms with van der Waals surface area (Å²) in [6, 6.07) is 13.2. The third kappa shape index (κ3) is 3.24. The Bertz CT molecular complexity index is 843. The van der Waals surface area contributed by atoms with Gasteiger partial charge in [-0.1, -0.05) is 12.1 Å². The number of aromatic nitrogens is 1. The maximum absolute atomic E-state index is 5.91. The van der Waals surface area contributed by atoms with Crippen molar-refractivity contribution in [1.82, 2.24) is 9.88 Å². The molecular formula is C20H23N3O2S. The summed E-state index contributed by atoms with van der Waals surface area (Å²) in [5.74, 6) is 0. The summed E-state index contributed by atoms with van der Waals surface area (Å²) in [5.41, 5.74) is 1.80. The number of ether oxygens (including phenoxy) is 1. The molecule has 0 spiro atoms. The molecule has 2 aromatic heterocycles. The number of piperazine rings is 1. The Morgan fingerprint density at radius 1 is 1.08 bits per heavy atom. The predicted molar refractivity (Wildman–Crippen MR) is 104 cm³/mol. The number of hydrogen-bond acceptors (Lipinski definition) is 6. The van der Waals surface area contributed by atoms with Crippen LogP contribution >= 0.6 is 11.3 Å². The SMILES string of the molecule is c1ccc2oc(N3CCN(Cc4ccc([C@@H]5CCCO5)s4)CC3)nc2c1. The van der Waals surface area contributed by atoms with Crippen molar-refractivity contribution in [2.75, 3.05) is 37.7 Å². The summed E-state index contributed by atoms with van der Waals surface area (Å²) < 4.78 is 11.7. The first-order valence-corrected chi connectivity index (χ1v) is 10.2. The van der Waals surface area contributed by atoms with E-state index in [0.29, 0.717) is 6.10 Å². The summed E-state index contributed by atoms with van der Waals surface area (Å²) in [7, 11) is 0. The fourth-order valence-corrected chi connectivity index (χ4v) is 4.91. The minimum atomic E-state index is 0.338. The highest BCUT2D eigenvalue weighted by atomic mass is 32.1. The molecule has 2 aliphatic heterocycles. The minimum Gasteiger partial charge on any atom is -0.423 e. The van der Waals surface area contributed by atoms with Gasteiger partial charge in [0.2, 0.25) is 0 Å². The summed E-state index contributed by atoms with van der Waals surface area (Å²) in [6.45, 7) is 5.92. The van der Waals surface area contributed by atoms with Crippen molar-refractivity contribution in [1.29, 1.82) is 0 Å². The van der Waals surface area contributed by atoms with Gasteiger partial charge in [0.25, 0.3) is 6.01 Å². The van der Waals surface area contributed by atoms with Gasteiger partial charge in [0.15, 0.2) is 5.58 Å². The van der Waals surface area contributed by atoms with Crippen molar-refractivity contribution in [2.45, 2.75) is 25.5 Å². The molecule has 136 valence electrons. The monoisotopic (exact) mass is 369 g/mol. The van der Waals surface area contributed by atoms with Gasteiger partial charge in [-0.15, -0.1) is 11.3 Å². The van der Waals surface area contributed by atoms with E-state index in [1.807, 2.05) is 35.6 Å². The lowest BCUT2D eigenvalue weighted by molar-refractivity contribution is 0.114. The standard InChI is InChI=1S/C20H23N3O2S/c1-2-5-17-16(4-1)21-20(25-17)23-11-9-22(10-12-23)14-15-7-8-19(26-15)18-6-3-13-24-18/h1-2,4-5,7-8,18H,3,6,9-14H2/t18-/m0/s1. The highest BCUT2D eigenvalue weighted by Crippen LogP contribution is 2.33. The van der Waals surface area contributed by atoms with Crippen LogP contribution < -0.4 is 4.90 Å². The van der Waals surface area contributed by atoms with E-state index in [0.717, 1.165) is 56.4 Å². The maximum atomic E-state index is 5.91. The number of rotatable bonds is 4. The average Bonchev–Trinajstić information content (AvgIpc) is 3.42. The van der Waals surface area contributed by atoms with Crippen LogP contribution in [0.2, 0.25) is 0 Å². The van der Waals surface area contributed by atoms with Gasteiger partial charge in [0, 0.05) is 49.1 Å². The summed E-state index contributed by atoms with van der Waals surface area (Å²) in [4.78, 5) is 12.2. The Balaban J connectivity index is 1.19. The molecule has 6 heteroatoms. The van der Waals surface area contributed by atoms with Crippen LogP contribution in [0.15, 0.2) is 40.8 Å². The van der Waals surface area contributed by atoms with Gasteiger partial charge in [0.1, 0.15) is 5.52 Å². The van der Waals surface area contributed by atoms with E-state index in [2.05, 4.69) is 26.9 Å². The first-order chi connectivity index (χ1) is 12.8. The first-order valence-electron chi connectivity index (χ1n) is 9.38. The fourth-order valence-electron chi connectivity index (χ4n) is 3.77. The van der Waals surface area contributed by atoms with Crippen molar-refractivity contribution in [3.63, 3.8) is 0 Å². The van der Waals surface area contributed by atoms with E-state index >= 15 is 0 Å². The first kappa shape index (κ1) is 16.3. The molecule has 5 nitrogen and oxygen atoms in total. The summed E-state index contributed by atoms with van der Waals surface area (Å²) in [5, 5.41) is 0. The van der Waals surface area contributed by atoms with Crippen LogP contribution in [0.3, 0.4) is 0 Å². The molecule has 2 aliphatic rings. The zero-order valence-electron chi connectivity index (χ0n) is 14.8. The van der Waals surface area contributed by atoms with E-state index in [-0.39, 0.29) is 0 Å². The van der Waals surface area contributed by atoms with Gasteiger partial charge >= 0.3 is 0 Å². The van der Waals surface area contributed by atoms with E-state index < -0.39 is 0 Å². The van der Waals surface area contributed by atoms with Crippen LogP contribution in [-0.4, -0.2) is 42.7 Å². The second-order valence-electron chi connectivity index (χ2n) is 7.03. The van der Waals surface area contributed by atoms with Crippen molar-refractivity contribution in [3.05, 3.63) is 46.2 Å². The minimum absolute atomic E-state index is 0.338. The third-order valence-electron chi connectivity index (χ3n) is 5.23. The van der Waals surface area contributed by atoms with Gasteiger partial charge < -0.3 is 14.1 Å². The number of anilines is 1. The second-order valence-corrected chi connectivity index (χ2v) is 8.23. The third-order valence-corrected chi connectivity index (χ3v) is 6.40. The van der Waals surface area contributed by atoms with Crippen LogP contribution in [0, 0.1) is 0 Å². The van der Waals surface area contributed by atoms with E-state index in [4.69, 9.17) is 9.15 Å². The van der Waals surface area contributed by atoms with Crippen LogP contribution in [0.1, 0.15) is 28.7 Å². The van der Waals surface area contributed by atoms with E-state index in [1.54, 1.807) is 0 Å². The zero-order valence-corrected chi connectivity index (χ0v) is 15.6. The highest BCUT2D eigenvalue weighted by Gasteiger charge is 2.23. The number of oxazole rings is 1. The quantitative estimate of drug-likeness (QED) is 0.694. The van der Waals surface area contributed by atoms with E-state index in [1.165, 1.54) is 22.6 Å². The van der Waals surface area contributed by atoms with Gasteiger partial charge in [-0.25, -0.2) is 0 Å². The lowest BCUT2D eigenvalue weighted by Crippen LogP contribution is -2.46. The smallest absolute Gasteiger partial charge is 0.298 e. The molecule has 1 atom stereocenters. The summed E-state index contributed by atoms with van der Waals surface area (Å²) in [6.07, 6.45) is 2.70. The zero-order chi connectivity index (χ0) is 17.3. The normalized spacial score (nSPS) is 21.7. The van der Waals surface area contributed by atoms with Crippen LogP contribution in [0.4, 0.5) is 6.01 Å². The van der Waals surface area contributed by atoms with Gasteiger partial charge in [-0.05, 0) is 37.1 Å². The van der Waals surface area contributed by atoms with Crippen molar-refractivity contribution >= 4 is 28.5 Å². The summed E-state index contributed by atoms with van der Waals surface area (Å²) >= 11 is 1.91. The molecular weight excluding hydrogens is 346 g/mol. The molecule has 26 heavy (non-hydrogen) atoms. The lowest BCUT2D eigenvalue weighted by atomic mass is 10.2. The van der Waals surface area contributed by atoms with E-state index in [9.17, 15) is 0 Å². The molecule has 0 N–H and O–H groups in total. The number of thiophene rings is 1. The van der Waals surface area contributed by atoms with Gasteiger partial charge in [-0.3, -0.25) is 4.90 Å². The molecule has 0 bridgehead atoms. The van der Waals surface area contributed by atoms with Crippen LogP contribution in [0.5, 0.6) is 0 Å². The number of hydrogen-bond donors (Lipinski definition) is 0. The predicted octanol–water partition coefficient (Wildman–Crippen LogP) is 4.06. The molecule has 4 heterocycles. The van der Waals surface area contributed by atoms with Crippen molar-refractivity contribution < 1.29 is 9.15 Å². The van der Waals surface area contributed by atoms with Crippen molar-refractivity contribution in [3.8, 4) is 0 Å². The fraction of sp³-hybridized carbons (Fsp3) is 0.450. The van der Waals surface area contributed by atoms with Crippen LogP contribution in [-0.2, 0) is 11.3 Å². The molecule has 0 unspecified atom stereocenters. The molecule has 2 fully saturated rings. The number of fused-ring (bicyclic) bond motifs is 1. The number of para-hydroxylation sites is 2. The Kier molecular flexibility index (Phi) is 4.40. The lowest BCUT2D eigenvalue weighted by Gasteiger charge is -2.33. The molecule has 0 saturated carbocycles. The van der Waals surface area contributed by atoms with Gasteiger partial charge in [0.05, 0.1) is 6.10 Å². The number of nitrogens with zero attached hydrogens (tertiary/aromatic N) is 3. The Labute approximate surface area is 157 Å². The maximum Gasteiger partial charge on any atom is 0.298 e. The average molecular weight is 369 g/mol. The molecule has 5 rings (SSSR count). The Morgan fingerprint density at radius 2 is 1.96 bits per heavy atom. The molecule has 1 aromatic carbocycles. The molecule has 0 amide bonds. The largest absolute Gasteiger partial charge is 0.423 e. The number of benzene rings is 1. The molecule has 3 aromatic rings.